The maximum Gasteiger partial charge on any atom is 0.418 e. The Kier molecular flexibility index (Phi) is 6.75. The highest BCUT2D eigenvalue weighted by molar-refractivity contribution is 6.00. The predicted octanol–water partition coefficient (Wildman–Crippen LogP) is 3.90. The third-order valence-electron chi connectivity index (χ3n) is 4.71. The fourth-order valence-corrected chi connectivity index (χ4v) is 3.13. The van der Waals surface area contributed by atoms with Gasteiger partial charge in [0.2, 0.25) is 5.91 Å². The van der Waals surface area contributed by atoms with Crippen LogP contribution in [-0.4, -0.2) is 44.3 Å². The number of carbonyl (C=O) groups excluding carboxylic acids is 2. The molecule has 0 saturated heterocycles. The summed E-state index contributed by atoms with van der Waals surface area (Å²) in [6.07, 6.45) is -0.353. The molecule has 172 valence electrons. The summed E-state index contributed by atoms with van der Waals surface area (Å²) in [5, 5.41) is 13.7. The molecule has 0 spiro atoms. The van der Waals surface area contributed by atoms with Gasteiger partial charge in [0.1, 0.15) is 12.2 Å². The lowest BCUT2D eigenvalue weighted by Crippen LogP contribution is -2.38. The van der Waals surface area contributed by atoms with E-state index < -0.39 is 40.7 Å². The summed E-state index contributed by atoms with van der Waals surface area (Å²) in [6, 6.07) is 8.30. The molecule has 33 heavy (non-hydrogen) atoms. The van der Waals surface area contributed by atoms with E-state index in [1.54, 1.807) is 6.92 Å². The largest absolute Gasteiger partial charge is 0.418 e. The van der Waals surface area contributed by atoms with Crippen LogP contribution in [0.2, 0.25) is 0 Å². The molecule has 0 unspecified atom stereocenters. The Hall–Kier alpha value is -4.22. The molecule has 0 bridgehead atoms. The molecule has 2 amide bonds. The molecular formula is C21H18F3N5O4. The van der Waals surface area contributed by atoms with Crippen LogP contribution in [-0.2, 0) is 11.0 Å². The van der Waals surface area contributed by atoms with Crippen molar-refractivity contribution in [2.45, 2.75) is 13.1 Å². The quantitative estimate of drug-likeness (QED) is 0.424. The van der Waals surface area contributed by atoms with E-state index in [2.05, 4.69) is 10.3 Å². The fourth-order valence-electron chi connectivity index (χ4n) is 3.13. The molecule has 0 saturated carbocycles. The zero-order valence-corrected chi connectivity index (χ0v) is 17.2. The summed E-state index contributed by atoms with van der Waals surface area (Å²) in [4.78, 5) is 41.1. The van der Waals surface area contributed by atoms with Gasteiger partial charge in [0.15, 0.2) is 0 Å². The molecule has 2 aromatic carbocycles. The number of anilines is 1. The van der Waals surface area contributed by atoms with Crippen molar-refractivity contribution < 1.29 is 27.7 Å². The minimum Gasteiger partial charge on any atom is -0.330 e. The lowest BCUT2D eigenvalue weighted by atomic mass is 10.1. The number of nitrogens with zero attached hydrogens (tertiary/aromatic N) is 4. The van der Waals surface area contributed by atoms with Crippen molar-refractivity contribution >= 4 is 23.2 Å². The smallest absolute Gasteiger partial charge is 0.330 e. The van der Waals surface area contributed by atoms with E-state index in [4.69, 9.17) is 0 Å². The van der Waals surface area contributed by atoms with Crippen LogP contribution in [0.3, 0.4) is 0 Å². The van der Waals surface area contributed by atoms with Gasteiger partial charge in [0.05, 0.1) is 22.5 Å². The highest BCUT2D eigenvalue weighted by Crippen LogP contribution is 2.34. The first-order chi connectivity index (χ1) is 15.6. The maximum absolute atomic E-state index is 13.1. The first kappa shape index (κ1) is 23.4. The molecule has 1 N–H and O–H groups in total. The Bertz CT molecular complexity index is 1180. The van der Waals surface area contributed by atoms with Crippen molar-refractivity contribution in [1.29, 1.82) is 0 Å². The summed E-state index contributed by atoms with van der Waals surface area (Å²) < 4.78 is 40.8. The van der Waals surface area contributed by atoms with Gasteiger partial charge in [-0.25, -0.2) is 4.98 Å². The lowest BCUT2D eigenvalue weighted by Gasteiger charge is -2.21. The molecule has 0 aliphatic rings. The maximum atomic E-state index is 13.1. The summed E-state index contributed by atoms with van der Waals surface area (Å²) in [7, 11) is 0. The van der Waals surface area contributed by atoms with Crippen LogP contribution in [0.5, 0.6) is 0 Å². The number of hydrogen-bond donors (Lipinski definition) is 1. The van der Waals surface area contributed by atoms with Gasteiger partial charge in [0.25, 0.3) is 11.6 Å². The number of nitro benzene ring substituents is 1. The Labute approximate surface area is 185 Å². The number of likely N-dealkylation sites (N-methyl/N-ethyl adjacent to an activating group) is 1. The summed E-state index contributed by atoms with van der Waals surface area (Å²) in [6.45, 7) is 1.08. The summed E-state index contributed by atoms with van der Waals surface area (Å²) >= 11 is 0. The van der Waals surface area contributed by atoms with Crippen molar-refractivity contribution in [2.24, 2.45) is 0 Å². The fraction of sp³-hybridized carbons (Fsp3) is 0.190. The number of benzene rings is 2. The normalized spacial score (nSPS) is 11.2. The second kappa shape index (κ2) is 9.51. The Morgan fingerprint density at radius 2 is 1.94 bits per heavy atom. The minimum absolute atomic E-state index is 0.0455. The molecule has 1 aromatic heterocycles. The molecule has 0 aliphatic heterocycles. The number of rotatable bonds is 7. The van der Waals surface area contributed by atoms with E-state index >= 15 is 0 Å². The number of aromatic nitrogens is 2. The van der Waals surface area contributed by atoms with E-state index in [0.717, 1.165) is 23.1 Å². The number of halogens is 3. The molecular weight excluding hydrogens is 443 g/mol. The van der Waals surface area contributed by atoms with Crippen molar-refractivity contribution in [2.75, 3.05) is 18.4 Å². The van der Waals surface area contributed by atoms with E-state index in [-0.39, 0.29) is 23.5 Å². The van der Waals surface area contributed by atoms with Gasteiger partial charge in [-0.3, -0.25) is 19.7 Å². The third-order valence-corrected chi connectivity index (χ3v) is 4.71. The van der Waals surface area contributed by atoms with Crippen LogP contribution in [0.4, 0.5) is 24.5 Å². The van der Waals surface area contributed by atoms with Gasteiger partial charge in [-0.1, -0.05) is 12.1 Å². The predicted molar refractivity (Wildman–Crippen MR) is 112 cm³/mol. The van der Waals surface area contributed by atoms with Crippen LogP contribution in [0, 0.1) is 10.1 Å². The van der Waals surface area contributed by atoms with Crippen molar-refractivity contribution in [1.82, 2.24) is 14.5 Å². The topological polar surface area (TPSA) is 110 Å². The number of alkyl halides is 3. The Morgan fingerprint density at radius 3 is 2.55 bits per heavy atom. The summed E-state index contributed by atoms with van der Waals surface area (Å²) in [5.41, 5.74) is -1.65. The van der Waals surface area contributed by atoms with E-state index in [9.17, 15) is 32.9 Å². The monoisotopic (exact) mass is 461 g/mol. The van der Waals surface area contributed by atoms with Gasteiger partial charge in [-0.15, -0.1) is 0 Å². The second-order valence-corrected chi connectivity index (χ2v) is 6.84. The van der Waals surface area contributed by atoms with Crippen molar-refractivity contribution in [3.8, 4) is 5.69 Å². The van der Waals surface area contributed by atoms with E-state index in [0.29, 0.717) is 0 Å². The minimum atomic E-state index is -4.67. The number of hydrogen-bond acceptors (Lipinski definition) is 5. The first-order valence-electron chi connectivity index (χ1n) is 9.64. The molecule has 0 atom stereocenters. The van der Waals surface area contributed by atoms with Gasteiger partial charge in [-0.05, 0) is 31.2 Å². The first-order valence-corrected chi connectivity index (χ1v) is 9.64. The van der Waals surface area contributed by atoms with Crippen LogP contribution in [0.1, 0.15) is 22.8 Å². The Balaban J connectivity index is 1.80. The van der Waals surface area contributed by atoms with Gasteiger partial charge in [-0.2, -0.15) is 13.2 Å². The highest BCUT2D eigenvalue weighted by atomic mass is 19.4. The SMILES string of the molecule is CCN(CC(=O)Nc1ccccc1C(F)(F)F)C(=O)c1ccc(-n2ccnc2)c([N+](=O)[O-])c1. The van der Waals surface area contributed by atoms with Gasteiger partial charge in [0, 0.05) is 30.6 Å². The van der Waals surface area contributed by atoms with E-state index in [1.807, 2.05) is 0 Å². The number of nitrogens with one attached hydrogen (secondary N) is 1. The lowest BCUT2D eigenvalue weighted by molar-refractivity contribution is -0.384. The highest BCUT2D eigenvalue weighted by Gasteiger charge is 2.33. The Morgan fingerprint density at radius 1 is 1.21 bits per heavy atom. The number of para-hydroxylation sites is 1. The molecule has 3 rings (SSSR count). The van der Waals surface area contributed by atoms with Crippen LogP contribution < -0.4 is 5.32 Å². The zero-order chi connectivity index (χ0) is 24.2. The summed E-state index contributed by atoms with van der Waals surface area (Å²) in [5.74, 6) is -1.52. The zero-order valence-electron chi connectivity index (χ0n) is 17.2. The molecule has 1 heterocycles. The average Bonchev–Trinajstić information content (AvgIpc) is 3.31. The van der Waals surface area contributed by atoms with Crippen LogP contribution >= 0.6 is 0 Å². The average molecular weight is 461 g/mol. The molecule has 9 nitrogen and oxygen atoms in total. The second-order valence-electron chi connectivity index (χ2n) is 6.84. The molecule has 0 radical (unpaired) electrons. The molecule has 12 heteroatoms. The van der Waals surface area contributed by atoms with Gasteiger partial charge >= 0.3 is 6.18 Å². The molecule has 0 aliphatic carbocycles. The standard InChI is InChI=1S/C21H18F3N5O4/c1-2-27(12-19(30)26-16-6-4-3-5-15(16)21(22,23)24)20(31)14-7-8-17(18(11-14)29(32)33)28-10-9-25-13-28/h3-11,13H,2,12H2,1H3,(H,26,30). The van der Waals surface area contributed by atoms with Crippen molar-refractivity contribution in [3.63, 3.8) is 0 Å². The van der Waals surface area contributed by atoms with Crippen LogP contribution in [0.25, 0.3) is 5.69 Å². The number of amides is 2. The molecule has 3 aromatic rings. The number of nitro groups is 1. The third kappa shape index (κ3) is 5.34. The molecule has 0 fully saturated rings. The number of carbonyl (C=O) groups is 2. The van der Waals surface area contributed by atoms with E-state index in [1.165, 1.54) is 47.6 Å². The van der Waals surface area contributed by atoms with Crippen molar-refractivity contribution in [3.05, 3.63) is 82.4 Å². The van der Waals surface area contributed by atoms with Crippen LogP contribution in [0.15, 0.2) is 61.2 Å². The van der Waals surface area contributed by atoms with Gasteiger partial charge < -0.3 is 14.8 Å². The number of imidazole rings is 1.